The highest BCUT2D eigenvalue weighted by Crippen LogP contribution is 2.44. The van der Waals surface area contributed by atoms with Crippen molar-refractivity contribution in [1.82, 2.24) is 0 Å². The standard InChI is InChI=1S/C26H36O7/c1-17(11-8-13-26(4,5)33-19(3)27)9-7-10-18(2)12-14-31-24-22(30-6)15-20-21(23(24)28)16-32-25(20)29/h9,12,15,28H,7-8,10-11,13-14,16H2,1-6H3/b17-9+,18-12+. The van der Waals surface area contributed by atoms with Gasteiger partial charge in [-0.2, -0.15) is 0 Å². The van der Waals surface area contributed by atoms with Crippen LogP contribution < -0.4 is 9.47 Å². The molecule has 7 nitrogen and oxygen atoms in total. The van der Waals surface area contributed by atoms with Crippen molar-refractivity contribution in [1.29, 1.82) is 0 Å². The number of phenols is 1. The summed E-state index contributed by atoms with van der Waals surface area (Å²) in [6, 6.07) is 1.54. The lowest BCUT2D eigenvalue weighted by Gasteiger charge is -2.24. The van der Waals surface area contributed by atoms with Crippen LogP contribution in [0.5, 0.6) is 17.2 Å². The number of esters is 2. The number of fused-ring (bicyclic) bond motifs is 1. The Labute approximate surface area is 196 Å². The van der Waals surface area contributed by atoms with Gasteiger partial charge < -0.3 is 24.1 Å². The zero-order valence-electron chi connectivity index (χ0n) is 20.6. The van der Waals surface area contributed by atoms with Crippen molar-refractivity contribution in [3.05, 3.63) is 40.5 Å². The highest BCUT2D eigenvalue weighted by Gasteiger charge is 2.29. The molecular formula is C26H36O7. The van der Waals surface area contributed by atoms with Gasteiger partial charge in [-0.15, -0.1) is 0 Å². The number of methoxy groups -OCH3 is 1. The fourth-order valence-corrected chi connectivity index (χ4v) is 3.75. The van der Waals surface area contributed by atoms with E-state index in [1.54, 1.807) is 0 Å². The van der Waals surface area contributed by atoms with Gasteiger partial charge in [0.15, 0.2) is 11.5 Å². The average molecular weight is 461 g/mol. The summed E-state index contributed by atoms with van der Waals surface area (Å²) in [5.41, 5.74) is 2.80. The highest BCUT2D eigenvalue weighted by atomic mass is 16.6. The molecule has 1 aromatic carbocycles. The van der Waals surface area contributed by atoms with Gasteiger partial charge >= 0.3 is 11.9 Å². The second kappa shape index (κ2) is 11.8. The fourth-order valence-electron chi connectivity index (χ4n) is 3.75. The molecule has 0 saturated carbocycles. The first-order chi connectivity index (χ1) is 15.5. The van der Waals surface area contributed by atoms with E-state index >= 15 is 0 Å². The lowest BCUT2D eigenvalue weighted by molar-refractivity contribution is -0.154. The minimum atomic E-state index is -0.475. The van der Waals surface area contributed by atoms with Crippen LogP contribution in [0.25, 0.3) is 0 Å². The summed E-state index contributed by atoms with van der Waals surface area (Å²) in [6.07, 6.45) is 8.80. The van der Waals surface area contributed by atoms with Crippen LogP contribution in [0, 0.1) is 0 Å². The number of hydrogen-bond donors (Lipinski definition) is 1. The van der Waals surface area contributed by atoms with Crippen LogP contribution >= 0.6 is 0 Å². The summed E-state index contributed by atoms with van der Waals surface area (Å²) < 4.78 is 21.3. The smallest absolute Gasteiger partial charge is 0.339 e. The van der Waals surface area contributed by atoms with Crippen molar-refractivity contribution in [3.8, 4) is 17.2 Å². The first-order valence-electron chi connectivity index (χ1n) is 11.3. The summed E-state index contributed by atoms with van der Waals surface area (Å²) in [5.74, 6) is -0.320. The molecule has 0 bridgehead atoms. The molecular weight excluding hydrogens is 424 g/mol. The topological polar surface area (TPSA) is 91.3 Å². The Hall–Kier alpha value is -2.96. The molecule has 182 valence electrons. The van der Waals surface area contributed by atoms with Gasteiger partial charge in [0.05, 0.1) is 12.7 Å². The molecule has 0 atom stereocenters. The van der Waals surface area contributed by atoms with Gasteiger partial charge in [0.25, 0.3) is 0 Å². The third-order valence-corrected chi connectivity index (χ3v) is 5.57. The van der Waals surface area contributed by atoms with E-state index in [4.69, 9.17) is 18.9 Å². The molecule has 1 aliphatic rings. The van der Waals surface area contributed by atoms with Crippen LogP contribution in [-0.2, 0) is 20.9 Å². The molecule has 7 heteroatoms. The molecule has 1 aromatic rings. The molecule has 0 spiro atoms. The van der Waals surface area contributed by atoms with Gasteiger partial charge in [-0.05, 0) is 71.9 Å². The maximum atomic E-state index is 11.7. The summed E-state index contributed by atoms with van der Waals surface area (Å²) in [4.78, 5) is 22.9. The zero-order valence-corrected chi connectivity index (χ0v) is 20.6. The monoisotopic (exact) mass is 460 g/mol. The van der Waals surface area contributed by atoms with E-state index in [1.165, 1.54) is 31.2 Å². The maximum Gasteiger partial charge on any atom is 0.339 e. The fraction of sp³-hybridized carbons (Fsp3) is 0.538. The summed E-state index contributed by atoms with van der Waals surface area (Å²) in [7, 11) is 1.46. The summed E-state index contributed by atoms with van der Waals surface area (Å²) >= 11 is 0. The molecule has 1 N–H and O–H groups in total. The lowest BCUT2D eigenvalue weighted by Crippen LogP contribution is -2.26. The molecule has 0 unspecified atom stereocenters. The molecule has 0 amide bonds. The molecule has 0 saturated heterocycles. The minimum absolute atomic E-state index is 0.0299. The number of aromatic hydroxyl groups is 1. The van der Waals surface area contributed by atoms with Crippen LogP contribution in [0.4, 0.5) is 0 Å². The Morgan fingerprint density at radius 1 is 1.18 bits per heavy atom. The minimum Gasteiger partial charge on any atom is -0.504 e. The number of hydrogen-bond acceptors (Lipinski definition) is 7. The number of allylic oxidation sites excluding steroid dienone is 3. The quantitative estimate of drug-likeness (QED) is 0.319. The average Bonchev–Trinajstić information content (AvgIpc) is 3.09. The molecule has 1 aliphatic heterocycles. The van der Waals surface area contributed by atoms with E-state index in [9.17, 15) is 14.7 Å². The second-order valence-electron chi connectivity index (χ2n) is 9.02. The Kier molecular flexibility index (Phi) is 9.38. The second-order valence-corrected chi connectivity index (χ2v) is 9.02. The van der Waals surface area contributed by atoms with E-state index < -0.39 is 11.6 Å². The Morgan fingerprint density at radius 3 is 2.55 bits per heavy atom. The third-order valence-electron chi connectivity index (χ3n) is 5.57. The van der Waals surface area contributed by atoms with Crippen LogP contribution in [0.2, 0.25) is 0 Å². The Bertz CT molecular complexity index is 925. The van der Waals surface area contributed by atoms with Crippen molar-refractivity contribution in [2.24, 2.45) is 0 Å². The van der Waals surface area contributed by atoms with Crippen molar-refractivity contribution in [2.75, 3.05) is 13.7 Å². The molecule has 33 heavy (non-hydrogen) atoms. The maximum absolute atomic E-state index is 11.7. The Balaban J connectivity index is 1.81. The predicted molar refractivity (Wildman–Crippen MR) is 126 cm³/mol. The number of carbonyl (C=O) groups excluding carboxylic acids is 2. The Morgan fingerprint density at radius 2 is 1.88 bits per heavy atom. The molecule has 0 aromatic heterocycles. The number of rotatable bonds is 12. The summed E-state index contributed by atoms with van der Waals surface area (Å²) in [6.45, 7) is 9.79. The van der Waals surface area contributed by atoms with Crippen LogP contribution in [-0.4, -0.2) is 36.4 Å². The zero-order chi connectivity index (χ0) is 24.6. The van der Waals surface area contributed by atoms with E-state index in [-0.39, 0.29) is 30.7 Å². The SMILES string of the molecule is COc1cc2c(c(O)c1OC/C=C(\C)CC/C=C(\C)CCCC(C)(C)OC(C)=O)COC2=O. The summed E-state index contributed by atoms with van der Waals surface area (Å²) in [5, 5.41) is 10.5. The van der Waals surface area contributed by atoms with Crippen molar-refractivity contribution in [3.63, 3.8) is 0 Å². The number of benzene rings is 1. The van der Waals surface area contributed by atoms with Crippen molar-refractivity contribution >= 4 is 11.9 Å². The molecule has 0 aliphatic carbocycles. The van der Waals surface area contributed by atoms with Gasteiger partial charge in [0.1, 0.15) is 18.8 Å². The largest absolute Gasteiger partial charge is 0.504 e. The number of ether oxygens (including phenoxy) is 4. The van der Waals surface area contributed by atoms with E-state index in [0.29, 0.717) is 16.9 Å². The van der Waals surface area contributed by atoms with Gasteiger partial charge in [0, 0.05) is 12.5 Å². The first-order valence-corrected chi connectivity index (χ1v) is 11.3. The predicted octanol–water partition coefficient (Wildman–Crippen LogP) is 5.63. The lowest BCUT2D eigenvalue weighted by atomic mass is 9.98. The molecule has 2 rings (SSSR count). The van der Waals surface area contributed by atoms with Gasteiger partial charge in [0.2, 0.25) is 5.75 Å². The molecule has 0 radical (unpaired) electrons. The third kappa shape index (κ3) is 7.84. The molecule has 0 fully saturated rings. The van der Waals surface area contributed by atoms with Crippen LogP contribution in [0.15, 0.2) is 29.4 Å². The van der Waals surface area contributed by atoms with Gasteiger partial charge in [-0.25, -0.2) is 4.79 Å². The van der Waals surface area contributed by atoms with E-state index in [1.807, 2.05) is 26.8 Å². The first kappa shape index (κ1) is 26.3. The van der Waals surface area contributed by atoms with Gasteiger partial charge in [-0.3, -0.25) is 4.79 Å². The molecule has 1 heterocycles. The van der Waals surface area contributed by atoms with Crippen LogP contribution in [0.1, 0.15) is 82.6 Å². The number of cyclic esters (lactones) is 1. The number of carbonyl (C=O) groups is 2. The van der Waals surface area contributed by atoms with E-state index in [0.717, 1.165) is 32.1 Å². The van der Waals surface area contributed by atoms with Gasteiger partial charge in [-0.1, -0.05) is 17.2 Å². The highest BCUT2D eigenvalue weighted by molar-refractivity contribution is 5.95. The number of phenolic OH excluding ortho intramolecular Hbond substituents is 1. The van der Waals surface area contributed by atoms with Crippen molar-refractivity contribution in [2.45, 2.75) is 78.9 Å². The van der Waals surface area contributed by atoms with Crippen LogP contribution in [0.3, 0.4) is 0 Å². The normalized spacial score (nSPS) is 14.1. The van der Waals surface area contributed by atoms with Crippen molar-refractivity contribution < 1.29 is 33.6 Å². The van der Waals surface area contributed by atoms with E-state index in [2.05, 4.69) is 13.0 Å².